The van der Waals surface area contributed by atoms with Gasteiger partial charge in [-0.05, 0) is 0 Å². The van der Waals surface area contributed by atoms with Crippen LogP contribution < -0.4 is 5.73 Å². The van der Waals surface area contributed by atoms with Crippen molar-refractivity contribution in [1.82, 2.24) is 4.98 Å². The molecule has 3 nitrogen and oxygen atoms in total. The smallest absolute Gasteiger partial charge is 0.280 e. The van der Waals surface area contributed by atoms with E-state index >= 15 is 0 Å². The van der Waals surface area contributed by atoms with Crippen molar-refractivity contribution in [1.29, 1.82) is 5.26 Å². The molecule has 1 rings (SSSR count). The van der Waals surface area contributed by atoms with Crippen molar-refractivity contribution in [2.24, 2.45) is 0 Å². The lowest BCUT2D eigenvalue weighted by Crippen LogP contribution is -2.06. The van der Waals surface area contributed by atoms with E-state index in [1.165, 1.54) is 6.20 Å². The summed E-state index contributed by atoms with van der Waals surface area (Å²) in [5, 5.41) is 8.50. The van der Waals surface area contributed by atoms with E-state index < -0.39 is 12.1 Å². The van der Waals surface area contributed by atoms with Gasteiger partial charge in [-0.1, -0.05) is 0 Å². The maximum absolute atomic E-state index is 12.5. The number of nitriles is 1. The molecule has 0 amide bonds. The van der Waals surface area contributed by atoms with Crippen LogP contribution in [0.4, 0.5) is 14.5 Å². The molecule has 1 heterocycles. The van der Waals surface area contributed by atoms with Gasteiger partial charge in [0.25, 0.3) is 6.43 Å². The third kappa shape index (κ3) is 2.34. The average Bonchev–Trinajstić information content (AvgIpc) is 2.20. The normalized spacial score (nSPS) is 10.3. The Morgan fingerprint density at radius 1 is 1.60 bits per heavy atom. The van der Waals surface area contributed by atoms with Gasteiger partial charge in [0.2, 0.25) is 0 Å². The third-order valence-corrected chi connectivity index (χ3v) is 2.23. The first-order chi connectivity index (χ1) is 7.11. The van der Waals surface area contributed by atoms with Crippen LogP contribution in [0.3, 0.4) is 0 Å². The molecule has 0 bridgehead atoms. The van der Waals surface area contributed by atoms with E-state index in [-0.39, 0.29) is 23.6 Å². The SMILES string of the molecule is N#CCc1c(C(F)F)ncc(CCl)c1N. The summed E-state index contributed by atoms with van der Waals surface area (Å²) in [6.45, 7) is 0. The van der Waals surface area contributed by atoms with Crippen LogP contribution >= 0.6 is 11.6 Å². The van der Waals surface area contributed by atoms with Crippen LogP contribution in [-0.2, 0) is 12.3 Å². The molecule has 0 radical (unpaired) electrons. The van der Waals surface area contributed by atoms with Crippen molar-refractivity contribution < 1.29 is 8.78 Å². The quantitative estimate of drug-likeness (QED) is 0.813. The highest BCUT2D eigenvalue weighted by molar-refractivity contribution is 6.17. The highest BCUT2D eigenvalue weighted by atomic mass is 35.5. The summed E-state index contributed by atoms with van der Waals surface area (Å²) in [6, 6.07) is 1.77. The van der Waals surface area contributed by atoms with E-state index in [4.69, 9.17) is 22.6 Å². The van der Waals surface area contributed by atoms with E-state index in [9.17, 15) is 8.78 Å². The first-order valence-corrected chi connectivity index (χ1v) is 4.62. The highest BCUT2D eigenvalue weighted by Gasteiger charge is 2.18. The second kappa shape index (κ2) is 4.89. The third-order valence-electron chi connectivity index (χ3n) is 1.95. The topological polar surface area (TPSA) is 62.7 Å². The molecule has 15 heavy (non-hydrogen) atoms. The lowest BCUT2D eigenvalue weighted by molar-refractivity contribution is 0.145. The van der Waals surface area contributed by atoms with Crippen LogP contribution in [0.15, 0.2) is 6.20 Å². The Morgan fingerprint density at radius 3 is 2.73 bits per heavy atom. The van der Waals surface area contributed by atoms with E-state index in [0.29, 0.717) is 5.56 Å². The number of nitrogens with two attached hydrogens (primary N) is 1. The van der Waals surface area contributed by atoms with Gasteiger partial charge in [0.15, 0.2) is 0 Å². The Balaban J connectivity index is 3.32. The number of anilines is 1. The monoisotopic (exact) mass is 231 g/mol. The molecule has 0 aliphatic heterocycles. The van der Waals surface area contributed by atoms with Crippen molar-refractivity contribution in [3.63, 3.8) is 0 Å². The highest BCUT2D eigenvalue weighted by Crippen LogP contribution is 2.28. The second-order valence-electron chi connectivity index (χ2n) is 2.83. The summed E-state index contributed by atoms with van der Waals surface area (Å²) in [5.74, 6) is 0.0841. The molecule has 0 spiro atoms. The molecule has 0 aliphatic carbocycles. The number of alkyl halides is 3. The van der Waals surface area contributed by atoms with Crippen LogP contribution in [0.2, 0.25) is 0 Å². The Labute approximate surface area is 90.5 Å². The van der Waals surface area contributed by atoms with Crippen molar-refractivity contribution in [3.8, 4) is 6.07 Å². The second-order valence-corrected chi connectivity index (χ2v) is 3.10. The molecule has 0 aliphatic rings. The minimum absolute atomic E-state index is 0.0747. The zero-order chi connectivity index (χ0) is 11.4. The molecule has 0 fully saturated rings. The molecule has 0 saturated carbocycles. The van der Waals surface area contributed by atoms with Crippen LogP contribution in [0.1, 0.15) is 23.2 Å². The van der Waals surface area contributed by atoms with Crippen molar-refractivity contribution in [2.75, 3.05) is 5.73 Å². The van der Waals surface area contributed by atoms with Gasteiger partial charge < -0.3 is 5.73 Å². The zero-order valence-corrected chi connectivity index (χ0v) is 8.43. The van der Waals surface area contributed by atoms with Crippen molar-refractivity contribution in [2.45, 2.75) is 18.7 Å². The molecule has 1 aromatic rings. The van der Waals surface area contributed by atoms with Gasteiger partial charge in [-0.2, -0.15) is 5.26 Å². The first kappa shape index (κ1) is 11.7. The van der Waals surface area contributed by atoms with Gasteiger partial charge in [-0.3, -0.25) is 4.98 Å². The van der Waals surface area contributed by atoms with Gasteiger partial charge in [-0.15, -0.1) is 11.6 Å². The lowest BCUT2D eigenvalue weighted by Gasteiger charge is -2.10. The minimum Gasteiger partial charge on any atom is -0.398 e. The predicted molar refractivity (Wildman–Crippen MR) is 52.5 cm³/mol. The molecule has 80 valence electrons. The molecule has 0 atom stereocenters. The number of nitrogen functional groups attached to an aromatic ring is 1. The van der Waals surface area contributed by atoms with Gasteiger partial charge >= 0.3 is 0 Å². The fraction of sp³-hybridized carbons (Fsp3) is 0.333. The molecular formula is C9H8ClF2N3. The summed E-state index contributed by atoms with van der Waals surface area (Å²) in [4.78, 5) is 3.56. The Hall–Kier alpha value is -1.41. The molecule has 0 saturated heterocycles. The first-order valence-electron chi connectivity index (χ1n) is 4.09. The number of halogens is 3. The Bertz CT molecular complexity index is 401. The van der Waals surface area contributed by atoms with Crippen LogP contribution in [-0.4, -0.2) is 4.98 Å². The van der Waals surface area contributed by atoms with Crippen molar-refractivity contribution >= 4 is 17.3 Å². The van der Waals surface area contributed by atoms with Gasteiger partial charge in [0.1, 0.15) is 5.69 Å². The largest absolute Gasteiger partial charge is 0.398 e. The fourth-order valence-electron chi connectivity index (χ4n) is 1.19. The predicted octanol–water partition coefficient (Wildman–Crippen LogP) is 2.41. The standard InChI is InChI=1S/C9H8ClF2N3/c10-3-5-4-15-8(9(11)12)6(1-2-13)7(5)14/h4,9H,1,3H2,(H2,14,15). The molecule has 0 unspecified atom stereocenters. The molecule has 1 aromatic heterocycles. The summed E-state index contributed by atoms with van der Waals surface area (Å²) in [7, 11) is 0. The van der Waals surface area contributed by atoms with E-state index in [0.717, 1.165) is 0 Å². The maximum Gasteiger partial charge on any atom is 0.280 e. The zero-order valence-electron chi connectivity index (χ0n) is 7.67. The lowest BCUT2D eigenvalue weighted by atomic mass is 10.1. The van der Waals surface area contributed by atoms with E-state index in [2.05, 4.69) is 4.98 Å². The van der Waals surface area contributed by atoms with Gasteiger partial charge in [0, 0.05) is 23.0 Å². The molecule has 0 aromatic carbocycles. The summed E-state index contributed by atoms with van der Waals surface area (Å²) >= 11 is 5.55. The maximum atomic E-state index is 12.5. The number of hydrogen-bond donors (Lipinski definition) is 1. The number of rotatable bonds is 3. The summed E-state index contributed by atoms with van der Waals surface area (Å²) in [6.07, 6.45) is -1.71. The Morgan fingerprint density at radius 2 is 2.27 bits per heavy atom. The number of pyridine rings is 1. The van der Waals surface area contributed by atoms with E-state index in [1.807, 2.05) is 0 Å². The molecule has 6 heteroatoms. The fourth-order valence-corrected chi connectivity index (χ4v) is 1.40. The van der Waals surface area contributed by atoms with Gasteiger partial charge in [0.05, 0.1) is 18.4 Å². The number of hydrogen-bond acceptors (Lipinski definition) is 3. The minimum atomic E-state index is -2.74. The van der Waals surface area contributed by atoms with Crippen LogP contribution in [0.25, 0.3) is 0 Å². The summed E-state index contributed by atoms with van der Waals surface area (Å²) in [5.41, 5.74) is 5.84. The van der Waals surface area contributed by atoms with Crippen LogP contribution in [0, 0.1) is 11.3 Å². The average molecular weight is 232 g/mol. The van der Waals surface area contributed by atoms with Gasteiger partial charge in [-0.25, -0.2) is 8.78 Å². The van der Waals surface area contributed by atoms with Crippen molar-refractivity contribution in [3.05, 3.63) is 23.0 Å². The van der Waals surface area contributed by atoms with Crippen LogP contribution in [0.5, 0.6) is 0 Å². The summed E-state index contributed by atoms with van der Waals surface area (Å²) < 4.78 is 25.0. The molecule has 2 N–H and O–H groups in total. The van der Waals surface area contributed by atoms with E-state index in [1.54, 1.807) is 6.07 Å². The number of aromatic nitrogens is 1. The Kier molecular flexibility index (Phi) is 3.81. The molecular weight excluding hydrogens is 224 g/mol. The number of nitrogens with zero attached hydrogens (tertiary/aromatic N) is 2.